The molecule has 1 heterocycles. The molecular weight excluding hydrogens is 248 g/mol. The van der Waals surface area contributed by atoms with Crippen LogP contribution in [0.1, 0.15) is 19.5 Å². The van der Waals surface area contributed by atoms with E-state index in [-0.39, 0.29) is 6.61 Å². The molecule has 4 N–H and O–H groups in total. The summed E-state index contributed by atoms with van der Waals surface area (Å²) in [5.41, 5.74) is 5.67. The van der Waals surface area contributed by atoms with Crippen molar-refractivity contribution in [2.45, 2.75) is 26.4 Å². The predicted molar refractivity (Wildman–Crippen MR) is 69.4 cm³/mol. The normalized spacial score (nSPS) is 10.3. The van der Waals surface area contributed by atoms with Gasteiger partial charge in [-0.2, -0.15) is 0 Å². The van der Waals surface area contributed by atoms with Gasteiger partial charge in [-0.05, 0) is 12.1 Å². The fourth-order valence-electron chi connectivity index (χ4n) is 1.23. The number of carbonyl (C=O) groups excluding carboxylic acids is 2. The van der Waals surface area contributed by atoms with Crippen molar-refractivity contribution in [3.05, 3.63) is 24.0 Å². The third kappa shape index (κ3) is 6.37. The van der Waals surface area contributed by atoms with Crippen LogP contribution in [0.2, 0.25) is 0 Å². The highest BCUT2D eigenvalue weighted by atomic mass is 16.5. The second kappa shape index (κ2) is 7.32. The van der Waals surface area contributed by atoms with Gasteiger partial charge in [0.1, 0.15) is 5.75 Å². The number of hydrogen-bond acceptors (Lipinski definition) is 5. The monoisotopic (exact) mass is 266 g/mol. The summed E-state index contributed by atoms with van der Waals surface area (Å²) < 4.78 is 5.15. The Balaban J connectivity index is 2.39. The molecule has 0 aliphatic heterocycles. The number of amides is 3. The molecule has 7 heteroatoms. The van der Waals surface area contributed by atoms with Gasteiger partial charge in [0, 0.05) is 12.6 Å². The predicted octanol–water partition coefficient (Wildman–Crippen LogP) is 0.153. The second-order valence-corrected chi connectivity index (χ2v) is 4.22. The van der Waals surface area contributed by atoms with Crippen molar-refractivity contribution < 1.29 is 14.3 Å². The minimum absolute atomic E-state index is 0.284. The molecule has 1 aromatic rings. The van der Waals surface area contributed by atoms with E-state index in [0.717, 1.165) is 5.69 Å². The zero-order valence-corrected chi connectivity index (χ0v) is 11.0. The van der Waals surface area contributed by atoms with Gasteiger partial charge in [0.05, 0.1) is 11.9 Å². The molecule has 104 valence electrons. The van der Waals surface area contributed by atoms with E-state index in [1.54, 1.807) is 12.1 Å². The minimum atomic E-state index is -0.901. The molecule has 7 nitrogen and oxygen atoms in total. The molecule has 0 saturated carbocycles. The number of ether oxygens (including phenoxy) is 1. The Morgan fingerprint density at radius 1 is 1.42 bits per heavy atom. The van der Waals surface area contributed by atoms with E-state index in [0.29, 0.717) is 18.3 Å². The summed E-state index contributed by atoms with van der Waals surface area (Å²) in [6.45, 7) is 4.48. The zero-order chi connectivity index (χ0) is 14.3. The lowest BCUT2D eigenvalue weighted by Crippen LogP contribution is -2.38. The summed E-state index contributed by atoms with van der Waals surface area (Å²) in [6.07, 6.45) is 1.52. The van der Waals surface area contributed by atoms with Crippen LogP contribution in [-0.4, -0.2) is 29.6 Å². The highest BCUT2D eigenvalue weighted by Gasteiger charge is 2.05. The van der Waals surface area contributed by atoms with Gasteiger partial charge in [0.15, 0.2) is 6.61 Å². The minimum Gasteiger partial charge on any atom is -0.482 e. The molecule has 0 aromatic carbocycles. The Kier molecular flexibility index (Phi) is 5.74. The molecule has 1 aromatic heterocycles. The van der Waals surface area contributed by atoms with Crippen LogP contribution in [0.25, 0.3) is 0 Å². The van der Waals surface area contributed by atoms with Crippen LogP contribution in [0, 0.1) is 0 Å². The van der Waals surface area contributed by atoms with Gasteiger partial charge in [-0.25, -0.2) is 4.79 Å². The lowest BCUT2D eigenvalue weighted by Gasteiger charge is -2.08. The lowest BCUT2D eigenvalue weighted by molar-refractivity contribution is -0.121. The number of rotatable bonds is 6. The van der Waals surface area contributed by atoms with Gasteiger partial charge in [-0.3, -0.25) is 15.1 Å². The number of nitrogens with one attached hydrogen (secondary N) is 2. The van der Waals surface area contributed by atoms with E-state index >= 15 is 0 Å². The number of imide groups is 1. The number of carbonyl (C=O) groups is 2. The van der Waals surface area contributed by atoms with Crippen LogP contribution in [0.4, 0.5) is 4.79 Å². The largest absolute Gasteiger partial charge is 0.482 e. The fourth-order valence-corrected chi connectivity index (χ4v) is 1.23. The molecule has 0 fully saturated rings. The average Bonchev–Trinajstić information content (AvgIpc) is 2.34. The highest BCUT2D eigenvalue weighted by molar-refractivity contribution is 5.94. The van der Waals surface area contributed by atoms with E-state index in [2.05, 4.69) is 24.1 Å². The molecule has 0 aliphatic carbocycles. The second-order valence-electron chi connectivity index (χ2n) is 4.22. The molecule has 0 spiro atoms. The number of urea groups is 1. The summed E-state index contributed by atoms with van der Waals surface area (Å²) in [4.78, 5) is 25.7. The Morgan fingerprint density at radius 2 is 2.16 bits per heavy atom. The first-order valence-electron chi connectivity index (χ1n) is 5.87. The number of aromatic nitrogens is 1. The standard InChI is InChI=1S/C12H18N4O3/c1-8(2)14-5-9-3-4-10(6-15-9)19-7-11(17)16-12(13)18/h3-4,6,8,14H,5,7H2,1-2H3,(H3,13,16,17,18). The van der Waals surface area contributed by atoms with E-state index in [1.165, 1.54) is 6.20 Å². The molecule has 0 radical (unpaired) electrons. The van der Waals surface area contributed by atoms with Gasteiger partial charge in [-0.15, -0.1) is 0 Å². The summed E-state index contributed by atoms with van der Waals surface area (Å²) in [5, 5.41) is 5.14. The van der Waals surface area contributed by atoms with Crippen LogP contribution < -0.4 is 21.1 Å². The molecule has 0 bridgehead atoms. The van der Waals surface area contributed by atoms with Crippen molar-refractivity contribution in [2.75, 3.05) is 6.61 Å². The van der Waals surface area contributed by atoms with Gasteiger partial charge in [0.25, 0.3) is 5.91 Å². The average molecular weight is 266 g/mol. The lowest BCUT2D eigenvalue weighted by atomic mass is 10.3. The SMILES string of the molecule is CC(C)NCc1ccc(OCC(=O)NC(N)=O)cn1. The van der Waals surface area contributed by atoms with E-state index in [9.17, 15) is 9.59 Å². The quantitative estimate of drug-likeness (QED) is 0.679. The smallest absolute Gasteiger partial charge is 0.318 e. The van der Waals surface area contributed by atoms with Crippen molar-refractivity contribution in [2.24, 2.45) is 5.73 Å². The highest BCUT2D eigenvalue weighted by Crippen LogP contribution is 2.08. The van der Waals surface area contributed by atoms with E-state index in [1.807, 2.05) is 5.32 Å². The summed E-state index contributed by atoms with van der Waals surface area (Å²) in [6, 6.07) is 3.00. The van der Waals surface area contributed by atoms with Crippen molar-refractivity contribution in [3.63, 3.8) is 0 Å². The van der Waals surface area contributed by atoms with Crippen molar-refractivity contribution in [1.82, 2.24) is 15.6 Å². The van der Waals surface area contributed by atoms with Crippen LogP contribution in [0.5, 0.6) is 5.75 Å². The first-order chi connectivity index (χ1) is 8.97. The number of hydrogen-bond donors (Lipinski definition) is 3. The molecular formula is C12H18N4O3. The van der Waals surface area contributed by atoms with Crippen molar-refractivity contribution in [1.29, 1.82) is 0 Å². The molecule has 3 amide bonds. The number of nitrogens with zero attached hydrogens (tertiary/aromatic N) is 1. The van der Waals surface area contributed by atoms with Crippen molar-refractivity contribution in [3.8, 4) is 5.75 Å². The summed E-state index contributed by atoms with van der Waals surface area (Å²) >= 11 is 0. The maximum atomic E-state index is 11.1. The molecule has 0 unspecified atom stereocenters. The van der Waals surface area contributed by atoms with Crippen LogP contribution in [-0.2, 0) is 11.3 Å². The topological polar surface area (TPSA) is 106 Å². The number of nitrogens with two attached hydrogens (primary N) is 1. The fraction of sp³-hybridized carbons (Fsp3) is 0.417. The van der Waals surface area contributed by atoms with Crippen molar-refractivity contribution >= 4 is 11.9 Å². The Hall–Kier alpha value is -2.15. The third-order valence-corrected chi connectivity index (χ3v) is 2.12. The third-order valence-electron chi connectivity index (χ3n) is 2.12. The molecule has 0 atom stereocenters. The van der Waals surface area contributed by atoms with E-state index in [4.69, 9.17) is 10.5 Å². The number of primary amides is 1. The Labute approximate surface area is 111 Å². The van der Waals surface area contributed by atoms with Crippen LogP contribution in [0.15, 0.2) is 18.3 Å². The molecule has 0 saturated heterocycles. The van der Waals surface area contributed by atoms with E-state index < -0.39 is 11.9 Å². The first-order valence-corrected chi connectivity index (χ1v) is 5.87. The first kappa shape index (κ1) is 14.9. The van der Waals surface area contributed by atoms with Gasteiger partial charge in [0.2, 0.25) is 0 Å². The molecule has 1 rings (SSSR count). The Bertz CT molecular complexity index is 431. The maximum Gasteiger partial charge on any atom is 0.318 e. The number of pyridine rings is 1. The molecule has 19 heavy (non-hydrogen) atoms. The van der Waals surface area contributed by atoms with Gasteiger partial charge >= 0.3 is 6.03 Å². The van der Waals surface area contributed by atoms with Crippen LogP contribution in [0.3, 0.4) is 0 Å². The summed E-state index contributed by atoms with van der Waals surface area (Å²) in [5.74, 6) is -0.147. The summed E-state index contributed by atoms with van der Waals surface area (Å²) in [7, 11) is 0. The zero-order valence-electron chi connectivity index (χ0n) is 11.0. The van der Waals surface area contributed by atoms with Gasteiger partial charge < -0.3 is 15.8 Å². The molecule has 0 aliphatic rings. The van der Waals surface area contributed by atoms with Gasteiger partial charge in [-0.1, -0.05) is 13.8 Å². The Morgan fingerprint density at radius 3 is 2.68 bits per heavy atom. The van der Waals surface area contributed by atoms with Crippen LogP contribution >= 0.6 is 0 Å². The maximum absolute atomic E-state index is 11.1.